The van der Waals surface area contributed by atoms with Gasteiger partial charge in [0.25, 0.3) is 0 Å². The summed E-state index contributed by atoms with van der Waals surface area (Å²) < 4.78 is 0. The van der Waals surface area contributed by atoms with Crippen molar-refractivity contribution < 1.29 is 14.7 Å². The summed E-state index contributed by atoms with van der Waals surface area (Å²) in [5.74, 6) is -2.00. The van der Waals surface area contributed by atoms with E-state index in [9.17, 15) is 9.59 Å². The number of carbonyl (C=O) groups excluding carboxylic acids is 1. The predicted octanol–water partition coefficient (Wildman–Crippen LogP) is -1.43. The standard InChI is InChI=1S/C3H5NO3.Na/c4-2(5)1-3(6)7;/h1H2,(H2,4,5)(H,6,7);. The Balaban J connectivity index is 0. The summed E-state index contributed by atoms with van der Waals surface area (Å²) >= 11 is 0. The number of carbonyl (C=O) groups is 2. The molecule has 0 atom stereocenters. The smallest absolute Gasteiger partial charge is 0.312 e. The van der Waals surface area contributed by atoms with E-state index in [0.717, 1.165) is 0 Å². The van der Waals surface area contributed by atoms with Gasteiger partial charge in [0.2, 0.25) is 5.91 Å². The van der Waals surface area contributed by atoms with Crippen molar-refractivity contribution >= 4 is 41.4 Å². The molecule has 0 saturated carbocycles. The van der Waals surface area contributed by atoms with Crippen LogP contribution in [-0.4, -0.2) is 46.5 Å². The van der Waals surface area contributed by atoms with E-state index in [1.54, 1.807) is 0 Å². The van der Waals surface area contributed by atoms with Crippen LogP contribution >= 0.6 is 0 Å². The Hall–Kier alpha value is -0.0600. The Morgan fingerprint density at radius 1 is 1.50 bits per heavy atom. The van der Waals surface area contributed by atoms with Crippen molar-refractivity contribution in [2.45, 2.75) is 6.42 Å². The third kappa shape index (κ3) is 9.34. The molecule has 0 aromatic heterocycles. The monoisotopic (exact) mass is 126 g/mol. The molecule has 8 heavy (non-hydrogen) atoms. The van der Waals surface area contributed by atoms with Crippen molar-refractivity contribution in [3.8, 4) is 0 Å². The molecular formula is C3H5NNaO3. The second-order valence-electron chi connectivity index (χ2n) is 1.04. The van der Waals surface area contributed by atoms with Crippen molar-refractivity contribution in [3.05, 3.63) is 0 Å². The number of primary amides is 1. The molecule has 0 spiro atoms. The zero-order valence-corrected chi connectivity index (χ0v) is 6.55. The molecule has 0 aliphatic heterocycles. The van der Waals surface area contributed by atoms with Gasteiger partial charge in [-0.2, -0.15) is 0 Å². The van der Waals surface area contributed by atoms with Crippen LogP contribution in [0, 0.1) is 0 Å². The Kier molecular flexibility index (Phi) is 6.89. The van der Waals surface area contributed by atoms with Gasteiger partial charge in [0.05, 0.1) is 0 Å². The molecule has 3 N–H and O–H groups in total. The van der Waals surface area contributed by atoms with Crippen LogP contribution in [0.25, 0.3) is 0 Å². The van der Waals surface area contributed by atoms with Crippen molar-refractivity contribution in [1.82, 2.24) is 0 Å². The summed E-state index contributed by atoms with van der Waals surface area (Å²) in [5.41, 5.74) is 4.47. The average molecular weight is 126 g/mol. The molecule has 41 valence electrons. The Bertz CT molecular complexity index is 90.7. The molecule has 4 nitrogen and oxygen atoms in total. The number of hydrogen-bond donors (Lipinski definition) is 2. The molecule has 0 saturated heterocycles. The van der Waals surface area contributed by atoms with Gasteiger partial charge in [0.15, 0.2) is 0 Å². The van der Waals surface area contributed by atoms with E-state index in [1.165, 1.54) is 0 Å². The Labute approximate surface area is 68.3 Å². The van der Waals surface area contributed by atoms with Gasteiger partial charge in [-0.25, -0.2) is 0 Å². The molecule has 0 aliphatic carbocycles. The maximum atomic E-state index is 9.65. The first kappa shape index (κ1) is 10.8. The number of amides is 1. The van der Waals surface area contributed by atoms with Crippen LogP contribution in [0.5, 0.6) is 0 Å². The number of aliphatic carboxylic acids is 1. The molecule has 0 rings (SSSR count). The van der Waals surface area contributed by atoms with Crippen molar-refractivity contribution in [3.63, 3.8) is 0 Å². The van der Waals surface area contributed by atoms with Crippen LogP contribution < -0.4 is 5.73 Å². The molecule has 0 fully saturated rings. The van der Waals surface area contributed by atoms with Crippen LogP contribution in [0.15, 0.2) is 0 Å². The Morgan fingerprint density at radius 2 is 1.88 bits per heavy atom. The van der Waals surface area contributed by atoms with Gasteiger partial charge in [-0.05, 0) is 0 Å². The summed E-state index contributed by atoms with van der Waals surface area (Å²) in [7, 11) is 0. The number of rotatable bonds is 2. The fraction of sp³-hybridized carbons (Fsp3) is 0.333. The van der Waals surface area contributed by atoms with E-state index in [-0.39, 0.29) is 29.6 Å². The van der Waals surface area contributed by atoms with E-state index >= 15 is 0 Å². The molecule has 0 bridgehead atoms. The maximum Gasteiger partial charge on any atom is 0.312 e. The molecular weight excluding hydrogens is 121 g/mol. The molecule has 0 heterocycles. The first-order valence-electron chi connectivity index (χ1n) is 1.63. The largest absolute Gasteiger partial charge is 0.481 e. The fourth-order valence-corrected chi connectivity index (χ4v) is 0.149. The van der Waals surface area contributed by atoms with E-state index in [0.29, 0.717) is 0 Å². The second-order valence-corrected chi connectivity index (χ2v) is 1.04. The zero-order chi connectivity index (χ0) is 5.86. The van der Waals surface area contributed by atoms with Gasteiger partial charge < -0.3 is 10.8 Å². The van der Waals surface area contributed by atoms with Gasteiger partial charge in [-0.15, -0.1) is 0 Å². The third-order valence-electron chi connectivity index (χ3n) is 0.325. The number of carboxylic acid groups (broad SMARTS) is 1. The van der Waals surface area contributed by atoms with Gasteiger partial charge >= 0.3 is 5.97 Å². The topological polar surface area (TPSA) is 80.4 Å². The first-order chi connectivity index (χ1) is 3.13. The molecule has 0 aliphatic rings. The normalized spacial score (nSPS) is 7.00. The SMILES string of the molecule is NC(=O)CC(=O)O.[Na]. The Morgan fingerprint density at radius 3 is 1.88 bits per heavy atom. The summed E-state index contributed by atoms with van der Waals surface area (Å²) in [6.07, 6.45) is -0.583. The number of hydrogen-bond acceptors (Lipinski definition) is 2. The van der Waals surface area contributed by atoms with Crippen LogP contribution in [0.3, 0.4) is 0 Å². The van der Waals surface area contributed by atoms with Crippen LogP contribution in [0.2, 0.25) is 0 Å². The van der Waals surface area contributed by atoms with Crippen LogP contribution in [0.1, 0.15) is 6.42 Å². The third-order valence-corrected chi connectivity index (χ3v) is 0.325. The zero-order valence-electron chi connectivity index (χ0n) is 4.55. The second kappa shape index (κ2) is 5.08. The van der Waals surface area contributed by atoms with Crippen LogP contribution in [0.4, 0.5) is 0 Å². The summed E-state index contributed by atoms with van der Waals surface area (Å²) in [6.45, 7) is 0. The van der Waals surface area contributed by atoms with Crippen LogP contribution in [-0.2, 0) is 9.59 Å². The van der Waals surface area contributed by atoms with Gasteiger partial charge in [0, 0.05) is 29.6 Å². The fourth-order valence-electron chi connectivity index (χ4n) is 0.149. The molecule has 5 heteroatoms. The summed E-state index contributed by atoms with van der Waals surface area (Å²) in [6, 6.07) is 0. The van der Waals surface area contributed by atoms with Crippen molar-refractivity contribution in [2.24, 2.45) is 5.73 Å². The average Bonchev–Trinajstić information content (AvgIpc) is 1.27. The minimum absolute atomic E-state index is 0. The number of nitrogens with two attached hydrogens (primary N) is 1. The van der Waals surface area contributed by atoms with Gasteiger partial charge in [-0.1, -0.05) is 0 Å². The molecule has 0 unspecified atom stereocenters. The maximum absolute atomic E-state index is 9.65. The first-order valence-corrected chi connectivity index (χ1v) is 1.63. The van der Waals surface area contributed by atoms with E-state index < -0.39 is 18.3 Å². The molecule has 1 radical (unpaired) electrons. The molecule has 1 amide bonds. The minimum atomic E-state index is -1.19. The summed E-state index contributed by atoms with van der Waals surface area (Å²) in [5, 5.41) is 7.78. The van der Waals surface area contributed by atoms with E-state index in [2.05, 4.69) is 5.73 Å². The van der Waals surface area contributed by atoms with E-state index in [4.69, 9.17) is 5.11 Å². The van der Waals surface area contributed by atoms with Gasteiger partial charge in [-0.3, -0.25) is 9.59 Å². The van der Waals surface area contributed by atoms with E-state index in [1.807, 2.05) is 0 Å². The van der Waals surface area contributed by atoms with Crippen molar-refractivity contribution in [2.75, 3.05) is 0 Å². The number of carboxylic acids is 1. The minimum Gasteiger partial charge on any atom is -0.481 e. The van der Waals surface area contributed by atoms with Gasteiger partial charge in [0.1, 0.15) is 6.42 Å². The quantitative estimate of drug-likeness (QED) is 0.351. The predicted molar refractivity (Wildman–Crippen MR) is 27.2 cm³/mol. The molecule has 0 aromatic rings. The van der Waals surface area contributed by atoms with Crippen molar-refractivity contribution in [1.29, 1.82) is 0 Å². The summed E-state index contributed by atoms with van der Waals surface area (Å²) in [4.78, 5) is 19.2. The molecule has 0 aromatic carbocycles.